The van der Waals surface area contributed by atoms with Gasteiger partial charge in [-0.25, -0.2) is 0 Å². The van der Waals surface area contributed by atoms with E-state index in [0.29, 0.717) is 6.04 Å². The number of fused-ring (bicyclic) bond motifs is 1. The Labute approximate surface area is 173 Å². The highest BCUT2D eigenvalue weighted by Crippen LogP contribution is 2.36. The lowest BCUT2D eigenvalue weighted by Crippen LogP contribution is -2.40. The number of aromatic hydroxyl groups is 2. The predicted molar refractivity (Wildman–Crippen MR) is 116 cm³/mol. The van der Waals surface area contributed by atoms with Crippen LogP contribution < -0.4 is 5.73 Å². The summed E-state index contributed by atoms with van der Waals surface area (Å²) in [6, 6.07) is 4.15. The number of phenols is 2. The van der Waals surface area contributed by atoms with Crippen LogP contribution in [-0.4, -0.2) is 40.8 Å². The smallest absolute Gasteiger partial charge is 0.160 e. The van der Waals surface area contributed by atoms with Crippen molar-refractivity contribution in [1.82, 2.24) is 4.90 Å². The summed E-state index contributed by atoms with van der Waals surface area (Å²) in [6.45, 7) is 5.33. The first-order valence-electron chi connectivity index (χ1n) is 9.14. The summed E-state index contributed by atoms with van der Waals surface area (Å²) in [4.78, 5) is 2.62. The molecule has 0 aliphatic heterocycles. The Kier molecular flexibility index (Phi) is 12.8. The maximum absolute atomic E-state index is 10.0. The Hall–Kier alpha value is -0.300. The van der Waals surface area contributed by atoms with Crippen LogP contribution in [0.3, 0.4) is 0 Å². The summed E-state index contributed by atoms with van der Waals surface area (Å²) in [5.74, 6) is 0.0947. The number of rotatable bonds is 9. The molecule has 1 aromatic rings. The summed E-state index contributed by atoms with van der Waals surface area (Å²) in [7, 11) is 0. The van der Waals surface area contributed by atoms with E-state index in [0.717, 1.165) is 50.9 Å². The van der Waals surface area contributed by atoms with Gasteiger partial charge in [0.15, 0.2) is 11.5 Å². The molecule has 1 aliphatic rings. The van der Waals surface area contributed by atoms with E-state index in [9.17, 15) is 10.2 Å². The summed E-state index contributed by atoms with van der Waals surface area (Å²) in [6.07, 6.45) is 8.93. The van der Waals surface area contributed by atoms with E-state index in [4.69, 9.17) is 5.73 Å². The highest BCUT2D eigenvalue weighted by Gasteiger charge is 2.26. The zero-order valence-corrected chi connectivity index (χ0v) is 18.7. The van der Waals surface area contributed by atoms with Crippen LogP contribution >= 0.6 is 34.0 Å². The molecule has 2 rings (SSSR count). The van der Waals surface area contributed by atoms with Crippen molar-refractivity contribution in [2.45, 2.75) is 64.3 Å². The maximum atomic E-state index is 10.0. The van der Waals surface area contributed by atoms with Crippen molar-refractivity contribution in [2.75, 3.05) is 19.6 Å². The van der Waals surface area contributed by atoms with E-state index in [1.54, 1.807) is 6.07 Å². The maximum Gasteiger partial charge on any atom is 0.160 e. The van der Waals surface area contributed by atoms with E-state index in [-0.39, 0.29) is 45.5 Å². The minimum absolute atomic E-state index is 0. The van der Waals surface area contributed by atoms with E-state index < -0.39 is 0 Å². The second-order valence-corrected chi connectivity index (χ2v) is 6.71. The number of benzene rings is 1. The van der Waals surface area contributed by atoms with Gasteiger partial charge < -0.3 is 20.8 Å². The Morgan fingerprint density at radius 2 is 1.80 bits per heavy atom. The van der Waals surface area contributed by atoms with Gasteiger partial charge in [-0.3, -0.25) is 0 Å². The SMILES string of the molecule is Br.Br.CCCN(CCCCCCN)[C@H]1CCc2c(ccc(O)c2O)C1. The van der Waals surface area contributed by atoms with Gasteiger partial charge in [-0.15, -0.1) is 34.0 Å². The molecular weight excluding hydrogens is 448 g/mol. The van der Waals surface area contributed by atoms with Gasteiger partial charge in [0, 0.05) is 11.6 Å². The first kappa shape index (κ1) is 24.7. The van der Waals surface area contributed by atoms with Crippen molar-refractivity contribution in [1.29, 1.82) is 0 Å². The molecule has 25 heavy (non-hydrogen) atoms. The Morgan fingerprint density at radius 3 is 2.48 bits per heavy atom. The van der Waals surface area contributed by atoms with E-state index >= 15 is 0 Å². The summed E-state index contributed by atoms with van der Waals surface area (Å²) in [5, 5.41) is 19.7. The zero-order chi connectivity index (χ0) is 16.7. The second kappa shape index (κ2) is 13.0. The molecule has 1 aliphatic carbocycles. The largest absolute Gasteiger partial charge is 0.504 e. The predicted octanol–water partition coefficient (Wildman–Crippen LogP) is 4.34. The number of nitrogens with two attached hydrogens (primary N) is 1. The third-order valence-electron chi connectivity index (χ3n) is 4.97. The Bertz CT molecular complexity index is 501. The van der Waals surface area contributed by atoms with Gasteiger partial charge >= 0.3 is 0 Å². The molecule has 0 spiro atoms. The molecule has 0 aromatic heterocycles. The third kappa shape index (κ3) is 7.08. The molecule has 0 saturated carbocycles. The average Bonchev–Trinajstić information content (AvgIpc) is 2.57. The highest BCUT2D eigenvalue weighted by molar-refractivity contribution is 8.93. The number of hydrogen-bond donors (Lipinski definition) is 3. The fourth-order valence-electron chi connectivity index (χ4n) is 3.69. The normalized spacial score (nSPS) is 16.0. The molecule has 0 radical (unpaired) electrons. The molecule has 0 saturated heterocycles. The van der Waals surface area contributed by atoms with Crippen LogP contribution in [0.1, 0.15) is 56.6 Å². The molecule has 0 unspecified atom stereocenters. The molecule has 4 nitrogen and oxygen atoms in total. The lowest BCUT2D eigenvalue weighted by Gasteiger charge is -2.35. The molecule has 0 bridgehead atoms. The summed E-state index contributed by atoms with van der Waals surface area (Å²) >= 11 is 0. The Balaban J connectivity index is 0.00000288. The van der Waals surface area contributed by atoms with Crippen LogP contribution in [0.5, 0.6) is 11.5 Å². The standard InChI is InChI=1S/C19H32N2O2.2BrH/c1-2-12-21(13-6-4-3-5-11-20)16-8-9-17-15(14-16)7-10-18(22)19(17)23;;/h7,10,16,22-23H,2-6,8-9,11-14,20H2,1H3;2*1H/t16-;;/m0../s1. The number of unbranched alkanes of at least 4 members (excludes halogenated alkanes) is 3. The van der Waals surface area contributed by atoms with Gasteiger partial charge in [-0.2, -0.15) is 0 Å². The molecule has 0 amide bonds. The van der Waals surface area contributed by atoms with Crippen LogP contribution in [0.4, 0.5) is 0 Å². The zero-order valence-electron chi connectivity index (χ0n) is 15.2. The minimum Gasteiger partial charge on any atom is -0.504 e. The molecule has 0 heterocycles. The van der Waals surface area contributed by atoms with Crippen molar-refractivity contribution in [2.24, 2.45) is 5.73 Å². The summed E-state index contributed by atoms with van der Waals surface area (Å²) in [5.41, 5.74) is 7.69. The first-order chi connectivity index (χ1) is 11.2. The second-order valence-electron chi connectivity index (χ2n) is 6.71. The molecule has 0 fully saturated rings. The van der Waals surface area contributed by atoms with Crippen molar-refractivity contribution >= 4 is 34.0 Å². The minimum atomic E-state index is 0. The molecule has 1 aromatic carbocycles. The average molecular weight is 482 g/mol. The van der Waals surface area contributed by atoms with Crippen LogP contribution in [-0.2, 0) is 12.8 Å². The van der Waals surface area contributed by atoms with Gasteiger partial charge in [0.05, 0.1) is 0 Å². The third-order valence-corrected chi connectivity index (χ3v) is 4.97. The van der Waals surface area contributed by atoms with Crippen LogP contribution in [0.25, 0.3) is 0 Å². The number of phenolic OH excluding ortho intramolecular Hbond substituents is 2. The first-order valence-corrected chi connectivity index (χ1v) is 9.14. The monoisotopic (exact) mass is 480 g/mol. The quantitative estimate of drug-likeness (QED) is 0.362. The van der Waals surface area contributed by atoms with Crippen LogP contribution in [0.15, 0.2) is 12.1 Å². The number of nitrogens with zero attached hydrogens (tertiary/aromatic N) is 1. The molecule has 1 atom stereocenters. The van der Waals surface area contributed by atoms with Crippen molar-refractivity contribution in [3.05, 3.63) is 23.3 Å². The van der Waals surface area contributed by atoms with E-state index in [1.165, 1.54) is 31.2 Å². The van der Waals surface area contributed by atoms with Gasteiger partial charge in [-0.1, -0.05) is 25.8 Å². The van der Waals surface area contributed by atoms with Gasteiger partial charge in [0.2, 0.25) is 0 Å². The fourth-order valence-corrected chi connectivity index (χ4v) is 3.69. The van der Waals surface area contributed by atoms with Gasteiger partial charge in [-0.05, 0) is 69.8 Å². The topological polar surface area (TPSA) is 69.7 Å². The molecule has 6 heteroatoms. The van der Waals surface area contributed by atoms with E-state index in [1.807, 2.05) is 6.07 Å². The Morgan fingerprint density at radius 1 is 1.08 bits per heavy atom. The summed E-state index contributed by atoms with van der Waals surface area (Å²) < 4.78 is 0. The number of hydrogen-bond acceptors (Lipinski definition) is 4. The van der Waals surface area contributed by atoms with Crippen LogP contribution in [0, 0.1) is 0 Å². The van der Waals surface area contributed by atoms with Crippen molar-refractivity contribution in [3.63, 3.8) is 0 Å². The lowest BCUT2D eigenvalue weighted by atomic mass is 9.86. The highest BCUT2D eigenvalue weighted by atomic mass is 79.9. The van der Waals surface area contributed by atoms with Crippen molar-refractivity contribution in [3.8, 4) is 11.5 Å². The van der Waals surface area contributed by atoms with Crippen molar-refractivity contribution < 1.29 is 10.2 Å². The van der Waals surface area contributed by atoms with E-state index in [2.05, 4.69) is 11.8 Å². The molecule has 4 N–H and O–H groups in total. The molecule has 146 valence electrons. The molecular formula is C19H34Br2N2O2. The number of halogens is 2. The lowest BCUT2D eigenvalue weighted by molar-refractivity contribution is 0.175. The van der Waals surface area contributed by atoms with Crippen LogP contribution in [0.2, 0.25) is 0 Å². The fraction of sp³-hybridized carbons (Fsp3) is 0.684. The van der Waals surface area contributed by atoms with Gasteiger partial charge in [0.1, 0.15) is 0 Å². The van der Waals surface area contributed by atoms with Gasteiger partial charge in [0.25, 0.3) is 0 Å².